The highest BCUT2D eigenvalue weighted by Crippen LogP contribution is 2.33. The van der Waals surface area contributed by atoms with Crippen molar-refractivity contribution in [3.05, 3.63) is 46.5 Å². The fraction of sp³-hybridized carbons (Fsp3) is 0.500. The number of benzene rings is 1. The van der Waals surface area contributed by atoms with Gasteiger partial charge in [-0.15, -0.1) is 0 Å². The van der Waals surface area contributed by atoms with Gasteiger partial charge in [-0.3, -0.25) is 0 Å². The molecular weight excluding hydrogens is 286 g/mol. The molecule has 1 N–H and O–H groups in total. The lowest BCUT2D eigenvalue weighted by atomic mass is 10.1. The standard InChI is InChI=1S/C16H20ClN3O/c17-14-7-3-4-12(10-14)11-15-18-16(13-5-1-2-6-13)20(19-15)8-9-21/h3-4,7,10,13,21H,1-2,5-6,8-9,11H2. The molecule has 1 aromatic heterocycles. The Bertz CT molecular complexity index is 605. The summed E-state index contributed by atoms with van der Waals surface area (Å²) in [6.45, 7) is 0.619. The van der Waals surface area contributed by atoms with Gasteiger partial charge in [-0.2, -0.15) is 5.10 Å². The van der Waals surface area contributed by atoms with Gasteiger partial charge in [0, 0.05) is 17.4 Å². The number of halogens is 1. The second-order valence-corrected chi connectivity index (χ2v) is 6.06. The van der Waals surface area contributed by atoms with Crippen molar-refractivity contribution in [1.29, 1.82) is 0 Å². The average molecular weight is 306 g/mol. The third-order valence-electron chi connectivity index (χ3n) is 4.03. The van der Waals surface area contributed by atoms with Crippen molar-refractivity contribution in [3.63, 3.8) is 0 Å². The van der Waals surface area contributed by atoms with E-state index in [9.17, 15) is 5.11 Å². The number of aliphatic hydroxyl groups excluding tert-OH is 1. The van der Waals surface area contributed by atoms with E-state index >= 15 is 0 Å². The molecule has 1 fully saturated rings. The number of aliphatic hydroxyl groups is 1. The summed E-state index contributed by atoms with van der Waals surface area (Å²) in [5.74, 6) is 2.35. The third kappa shape index (κ3) is 3.44. The van der Waals surface area contributed by atoms with Crippen molar-refractivity contribution >= 4 is 11.6 Å². The Kier molecular flexibility index (Phi) is 4.56. The number of rotatable bonds is 5. The highest BCUT2D eigenvalue weighted by atomic mass is 35.5. The fourth-order valence-corrected chi connectivity index (χ4v) is 3.27. The summed E-state index contributed by atoms with van der Waals surface area (Å²) in [5, 5.41) is 14.5. The molecule has 0 radical (unpaired) electrons. The molecule has 4 nitrogen and oxygen atoms in total. The van der Waals surface area contributed by atoms with Crippen LogP contribution in [0.1, 0.15) is 48.8 Å². The van der Waals surface area contributed by atoms with Gasteiger partial charge in [0.1, 0.15) is 5.82 Å². The molecule has 1 saturated carbocycles. The minimum Gasteiger partial charge on any atom is -0.394 e. The summed E-state index contributed by atoms with van der Waals surface area (Å²) in [6.07, 6.45) is 5.57. The molecule has 112 valence electrons. The van der Waals surface area contributed by atoms with Crippen LogP contribution in [0.25, 0.3) is 0 Å². The quantitative estimate of drug-likeness (QED) is 0.923. The normalized spacial score (nSPS) is 15.7. The van der Waals surface area contributed by atoms with Gasteiger partial charge in [0.15, 0.2) is 5.82 Å². The van der Waals surface area contributed by atoms with E-state index in [0.717, 1.165) is 22.2 Å². The van der Waals surface area contributed by atoms with E-state index in [1.807, 2.05) is 28.9 Å². The first-order valence-corrected chi connectivity index (χ1v) is 7.93. The lowest BCUT2D eigenvalue weighted by Gasteiger charge is -2.09. The van der Waals surface area contributed by atoms with Crippen LogP contribution in [-0.4, -0.2) is 26.5 Å². The Labute approximate surface area is 129 Å². The Morgan fingerprint density at radius 2 is 2.10 bits per heavy atom. The van der Waals surface area contributed by atoms with E-state index in [2.05, 4.69) is 5.10 Å². The number of hydrogen-bond acceptors (Lipinski definition) is 3. The second kappa shape index (κ2) is 6.58. The van der Waals surface area contributed by atoms with Crippen molar-refractivity contribution in [2.45, 2.75) is 44.6 Å². The first-order chi connectivity index (χ1) is 10.3. The minimum atomic E-state index is 0.0969. The van der Waals surface area contributed by atoms with E-state index in [4.69, 9.17) is 16.6 Å². The zero-order valence-electron chi connectivity index (χ0n) is 12.0. The monoisotopic (exact) mass is 305 g/mol. The summed E-state index contributed by atoms with van der Waals surface area (Å²) >= 11 is 6.02. The Morgan fingerprint density at radius 3 is 2.81 bits per heavy atom. The van der Waals surface area contributed by atoms with Crippen LogP contribution < -0.4 is 0 Å². The van der Waals surface area contributed by atoms with E-state index in [0.29, 0.717) is 18.9 Å². The maximum atomic E-state index is 9.22. The molecule has 3 rings (SSSR count). The zero-order chi connectivity index (χ0) is 14.7. The molecule has 0 spiro atoms. The maximum Gasteiger partial charge on any atom is 0.155 e. The molecule has 0 bridgehead atoms. The predicted molar refractivity (Wildman–Crippen MR) is 82.6 cm³/mol. The predicted octanol–water partition coefficient (Wildman–Crippen LogP) is 3.17. The molecule has 1 aromatic carbocycles. The topological polar surface area (TPSA) is 50.9 Å². The van der Waals surface area contributed by atoms with Crippen molar-refractivity contribution in [2.75, 3.05) is 6.61 Å². The first-order valence-electron chi connectivity index (χ1n) is 7.55. The van der Waals surface area contributed by atoms with Gasteiger partial charge in [0.2, 0.25) is 0 Å². The molecular formula is C16H20ClN3O. The largest absolute Gasteiger partial charge is 0.394 e. The molecule has 1 aliphatic carbocycles. The molecule has 0 amide bonds. The molecule has 5 heteroatoms. The van der Waals surface area contributed by atoms with Crippen molar-refractivity contribution in [2.24, 2.45) is 0 Å². The van der Waals surface area contributed by atoms with Gasteiger partial charge < -0.3 is 5.11 Å². The van der Waals surface area contributed by atoms with Crippen LogP contribution in [-0.2, 0) is 13.0 Å². The van der Waals surface area contributed by atoms with Gasteiger partial charge in [0.25, 0.3) is 0 Å². The summed E-state index contributed by atoms with van der Waals surface area (Å²) in [7, 11) is 0. The maximum absolute atomic E-state index is 9.22. The second-order valence-electron chi connectivity index (χ2n) is 5.62. The van der Waals surface area contributed by atoms with E-state index in [1.165, 1.54) is 25.7 Å². The molecule has 1 aliphatic rings. The Balaban J connectivity index is 1.83. The average Bonchev–Trinajstić information content (AvgIpc) is 3.09. The zero-order valence-corrected chi connectivity index (χ0v) is 12.8. The van der Waals surface area contributed by atoms with E-state index in [1.54, 1.807) is 0 Å². The number of aromatic nitrogens is 3. The van der Waals surface area contributed by atoms with E-state index < -0.39 is 0 Å². The van der Waals surface area contributed by atoms with Crippen LogP contribution in [0, 0.1) is 0 Å². The SMILES string of the molecule is OCCn1nc(Cc2cccc(Cl)c2)nc1C1CCCC1. The lowest BCUT2D eigenvalue weighted by molar-refractivity contribution is 0.265. The first kappa shape index (κ1) is 14.5. The fourth-order valence-electron chi connectivity index (χ4n) is 3.05. The van der Waals surface area contributed by atoms with Gasteiger partial charge in [-0.25, -0.2) is 9.67 Å². The van der Waals surface area contributed by atoms with Crippen LogP contribution in [0.4, 0.5) is 0 Å². The summed E-state index contributed by atoms with van der Waals surface area (Å²) < 4.78 is 1.88. The van der Waals surface area contributed by atoms with Gasteiger partial charge in [-0.1, -0.05) is 36.6 Å². The highest BCUT2D eigenvalue weighted by molar-refractivity contribution is 6.30. The minimum absolute atomic E-state index is 0.0969. The molecule has 21 heavy (non-hydrogen) atoms. The Morgan fingerprint density at radius 1 is 1.29 bits per heavy atom. The summed E-state index contributed by atoms with van der Waals surface area (Å²) in [4.78, 5) is 4.73. The summed E-state index contributed by atoms with van der Waals surface area (Å²) in [6, 6.07) is 7.80. The third-order valence-corrected chi connectivity index (χ3v) is 4.26. The number of hydrogen-bond donors (Lipinski definition) is 1. The Hall–Kier alpha value is -1.39. The highest BCUT2D eigenvalue weighted by Gasteiger charge is 2.23. The molecule has 1 heterocycles. The van der Waals surface area contributed by atoms with Gasteiger partial charge in [0.05, 0.1) is 13.2 Å². The van der Waals surface area contributed by atoms with Crippen LogP contribution >= 0.6 is 11.6 Å². The van der Waals surface area contributed by atoms with Crippen LogP contribution in [0.5, 0.6) is 0 Å². The van der Waals surface area contributed by atoms with Crippen molar-refractivity contribution < 1.29 is 5.11 Å². The smallest absolute Gasteiger partial charge is 0.155 e. The molecule has 0 saturated heterocycles. The number of nitrogens with zero attached hydrogens (tertiary/aromatic N) is 3. The van der Waals surface area contributed by atoms with Crippen LogP contribution in [0.15, 0.2) is 24.3 Å². The molecule has 0 unspecified atom stereocenters. The summed E-state index contributed by atoms with van der Waals surface area (Å²) in [5.41, 5.74) is 1.11. The molecule has 0 atom stereocenters. The van der Waals surface area contributed by atoms with Gasteiger partial charge >= 0.3 is 0 Å². The van der Waals surface area contributed by atoms with Crippen molar-refractivity contribution in [3.8, 4) is 0 Å². The van der Waals surface area contributed by atoms with Gasteiger partial charge in [-0.05, 0) is 30.5 Å². The molecule has 0 aliphatic heterocycles. The van der Waals surface area contributed by atoms with Crippen LogP contribution in [0.3, 0.4) is 0 Å². The molecule has 2 aromatic rings. The van der Waals surface area contributed by atoms with Crippen LogP contribution in [0.2, 0.25) is 5.02 Å². The van der Waals surface area contributed by atoms with E-state index in [-0.39, 0.29) is 6.61 Å². The lowest BCUT2D eigenvalue weighted by Crippen LogP contribution is -2.11. The van der Waals surface area contributed by atoms with Crippen molar-refractivity contribution in [1.82, 2.24) is 14.8 Å².